The molecule has 0 aromatic heterocycles. The van der Waals surface area contributed by atoms with Crippen molar-refractivity contribution in [3.63, 3.8) is 0 Å². The summed E-state index contributed by atoms with van der Waals surface area (Å²) in [7, 11) is 0. The molecular formula is C22H21FN4O2. The Morgan fingerprint density at radius 1 is 0.724 bits per heavy atom. The van der Waals surface area contributed by atoms with Crippen molar-refractivity contribution in [2.24, 2.45) is 11.5 Å². The lowest BCUT2D eigenvalue weighted by atomic mass is 10.1. The maximum absolute atomic E-state index is 14.1. The number of nitrogens with two attached hydrogens (primary N) is 2. The van der Waals surface area contributed by atoms with Gasteiger partial charge in [-0.05, 0) is 66.2 Å². The van der Waals surface area contributed by atoms with E-state index in [0.717, 1.165) is 5.56 Å². The van der Waals surface area contributed by atoms with E-state index in [4.69, 9.17) is 31.8 Å². The molecule has 0 saturated heterocycles. The maximum atomic E-state index is 14.1. The Balaban J connectivity index is 1.61. The van der Waals surface area contributed by atoms with Crippen LogP contribution in [0, 0.1) is 16.6 Å². The molecule has 3 aromatic carbocycles. The molecule has 7 heteroatoms. The van der Waals surface area contributed by atoms with Crippen LogP contribution in [0.25, 0.3) is 0 Å². The monoisotopic (exact) mass is 392 g/mol. The van der Waals surface area contributed by atoms with Crippen LogP contribution in [0.3, 0.4) is 0 Å². The van der Waals surface area contributed by atoms with E-state index in [1.807, 2.05) is 0 Å². The van der Waals surface area contributed by atoms with Crippen LogP contribution in [0.15, 0.2) is 66.7 Å². The Morgan fingerprint density at radius 2 is 1.21 bits per heavy atom. The van der Waals surface area contributed by atoms with Gasteiger partial charge in [-0.1, -0.05) is 6.07 Å². The molecule has 0 aliphatic rings. The molecule has 0 atom stereocenters. The van der Waals surface area contributed by atoms with E-state index in [2.05, 4.69) is 0 Å². The summed E-state index contributed by atoms with van der Waals surface area (Å²) in [6.07, 6.45) is 0. The average molecular weight is 392 g/mol. The van der Waals surface area contributed by atoms with Crippen LogP contribution in [0.1, 0.15) is 22.3 Å². The molecule has 0 spiro atoms. The fourth-order valence-corrected chi connectivity index (χ4v) is 2.62. The van der Waals surface area contributed by atoms with Crippen molar-refractivity contribution in [3.8, 4) is 11.5 Å². The van der Waals surface area contributed by atoms with Gasteiger partial charge in [-0.15, -0.1) is 0 Å². The van der Waals surface area contributed by atoms with Crippen LogP contribution in [-0.2, 0) is 13.2 Å². The normalized spacial score (nSPS) is 10.4. The predicted molar refractivity (Wildman–Crippen MR) is 110 cm³/mol. The van der Waals surface area contributed by atoms with E-state index < -0.39 is 0 Å². The zero-order chi connectivity index (χ0) is 20.8. The van der Waals surface area contributed by atoms with Crippen molar-refractivity contribution in [1.82, 2.24) is 0 Å². The molecular weight excluding hydrogens is 371 g/mol. The molecule has 0 aliphatic carbocycles. The highest BCUT2D eigenvalue weighted by molar-refractivity contribution is 5.95. The van der Waals surface area contributed by atoms with Gasteiger partial charge in [0.25, 0.3) is 0 Å². The quantitative estimate of drug-likeness (QED) is 0.346. The lowest BCUT2D eigenvalue weighted by Gasteiger charge is -2.11. The average Bonchev–Trinajstić information content (AvgIpc) is 2.72. The predicted octanol–water partition coefficient (Wildman–Crippen LogP) is 3.55. The number of hydrogen-bond donors (Lipinski definition) is 4. The van der Waals surface area contributed by atoms with Crippen molar-refractivity contribution in [2.45, 2.75) is 13.2 Å². The largest absolute Gasteiger partial charge is 0.489 e. The summed E-state index contributed by atoms with van der Waals surface area (Å²) >= 11 is 0. The number of halogens is 1. The number of hydrogen-bond acceptors (Lipinski definition) is 4. The van der Waals surface area contributed by atoms with Crippen LogP contribution in [0.5, 0.6) is 11.5 Å². The Kier molecular flexibility index (Phi) is 6.09. The van der Waals surface area contributed by atoms with E-state index in [1.54, 1.807) is 60.7 Å². The lowest BCUT2D eigenvalue weighted by molar-refractivity contribution is 0.295. The first-order valence-corrected chi connectivity index (χ1v) is 8.84. The van der Waals surface area contributed by atoms with Crippen LogP contribution < -0.4 is 20.9 Å². The molecule has 0 fully saturated rings. The van der Waals surface area contributed by atoms with Crippen LogP contribution in [-0.4, -0.2) is 11.7 Å². The van der Waals surface area contributed by atoms with Gasteiger partial charge < -0.3 is 20.9 Å². The number of amidine groups is 2. The van der Waals surface area contributed by atoms with Gasteiger partial charge in [-0.25, -0.2) is 4.39 Å². The van der Waals surface area contributed by atoms with Gasteiger partial charge in [-0.3, -0.25) is 10.8 Å². The second-order valence-corrected chi connectivity index (χ2v) is 6.38. The SMILES string of the molecule is N=C(N)c1ccc(OCc2ccc(F)c(COc3ccc(C(=N)N)cc3)c2)cc1. The molecule has 0 unspecified atom stereocenters. The number of benzene rings is 3. The molecule has 0 radical (unpaired) electrons. The van der Waals surface area contributed by atoms with E-state index in [9.17, 15) is 4.39 Å². The summed E-state index contributed by atoms with van der Waals surface area (Å²) in [5.74, 6) is 0.797. The molecule has 0 saturated carbocycles. The van der Waals surface area contributed by atoms with Gasteiger partial charge in [0.1, 0.15) is 42.2 Å². The minimum absolute atomic E-state index is 0.00402. The first kappa shape index (κ1) is 19.9. The molecule has 148 valence electrons. The topological polar surface area (TPSA) is 118 Å². The number of ether oxygens (including phenoxy) is 2. The van der Waals surface area contributed by atoms with E-state index >= 15 is 0 Å². The van der Waals surface area contributed by atoms with Gasteiger partial charge in [0.05, 0.1) is 0 Å². The minimum Gasteiger partial charge on any atom is -0.489 e. The third-order valence-electron chi connectivity index (χ3n) is 4.24. The van der Waals surface area contributed by atoms with E-state index in [1.165, 1.54) is 6.07 Å². The first-order valence-electron chi connectivity index (χ1n) is 8.84. The fraction of sp³-hybridized carbons (Fsp3) is 0.0909. The molecule has 3 aromatic rings. The highest BCUT2D eigenvalue weighted by atomic mass is 19.1. The Bertz CT molecular complexity index is 1020. The molecule has 6 N–H and O–H groups in total. The highest BCUT2D eigenvalue weighted by Crippen LogP contribution is 2.19. The van der Waals surface area contributed by atoms with Crippen LogP contribution in [0.2, 0.25) is 0 Å². The summed E-state index contributed by atoms with van der Waals surface area (Å²) in [5, 5.41) is 14.8. The third kappa shape index (κ3) is 5.32. The number of rotatable bonds is 8. The first-order chi connectivity index (χ1) is 13.9. The Labute approximate surface area is 167 Å². The molecule has 29 heavy (non-hydrogen) atoms. The minimum atomic E-state index is -0.361. The van der Waals surface area contributed by atoms with Crippen LogP contribution >= 0.6 is 0 Å². The number of nitrogen functional groups attached to an aromatic ring is 2. The smallest absolute Gasteiger partial charge is 0.129 e. The maximum Gasteiger partial charge on any atom is 0.129 e. The summed E-state index contributed by atoms with van der Waals surface area (Å²) in [6, 6.07) is 18.3. The summed E-state index contributed by atoms with van der Waals surface area (Å²) < 4.78 is 25.5. The summed E-state index contributed by atoms with van der Waals surface area (Å²) in [4.78, 5) is 0. The van der Waals surface area contributed by atoms with Gasteiger partial charge >= 0.3 is 0 Å². The standard InChI is InChI=1S/C22H21FN4O2/c23-20-10-1-14(12-28-18-6-2-15(3-7-18)21(24)25)11-17(20)13-29-19-8-4-16(5-9-19)22(26)27/h1-11H,12-13H2,(H3,24,25)(H3,26,27). The zero-order valence-electron chi connectivity index (χ0n) is 15.6. The van der Waals surface area contributed by atoms with Gasteiger partial charge in [0.15, 0.2) is 0 Å². The molecule has 3 rings (SSSR count). The van der Waals surface area contributed by atoms with Crippen molar-refractivity contribution in [1.29, 1.82) is 10.8 Å². The van der Waals surface area contributed by atoms with Gasteiger partial charge in [-0.2, -0.15) is 0 Å². The van der Waals surface area contributed by atoms with Crippen LogP contribution in [0.4, 0.5) is 4.39 Å². The second kappa shape index (κ2) is 8.88. The van der Waals surface area contributed by atoms with E-state index in [-0.39, 0.29) is 30.7 Å². The molecule has 0 amide bonds. The molecule has 0 bridgehead atoms. The van der Waals surface area contributed by atoms with Crippen molar-refractivity contribution < 1.29 is 13.9 Å². The van der Waals surface area contributed by atoms with Crippen molar-refractivity contribution >= 4 is 11.7 Å². The Morgan fingerprint density at radius 3 is 1.69 bits per heavy atom. The molecule has 6 nitrogen and oxygen atoms in total. The molecule has 0 heterocycles. The second-order valence-electron chi connectivity index (χ2n) is 6.38. The fourth-order valence-electron chi connectivity index (χ4n) is 2.62. The van der Waals surface area contributed by atoms with E-state index in [0.29, 0.717) is 28.2 Å². The zero-order valence-corrected chi connectivity index (χ0v) is 15.6. The summed E-state index contributed by atoms with van der Waals surface area (Å²) in [6.45, 7) is 0.326. The number of nitrogens with one attached hydrogen (secondary N) is 2. The van der Waals surface area contributed by atoms with Gasteiger partial charge in [0.2, 0.25) is 0 Å². The lowest BCUT2D eigenvalue weighted by Crippen LogP contribution is -2.10. The highest BCUT2D eigenvalue weighted by Gasteiger charge is 2.07. The summed E-state index contributed by atoms with van der Waals surface area (Å²) in [5.41, 5.74) is 13.3. The van der Waals surface area contributed by atoms with Gasteiger partial charge in [0, 0.05) is 16.7 Å². The molecule has 0 aliphatic heterocycles. The van der Waals surface area contributed by atoms with Crippen molar-refractivity contribution in [3.05, 3.63) is 94.8 Å². The van der Waals surface area contributed by atoms with Crippen molar-refractivity contribution in [2.75, 3.05) is 0 Å². The third-order valence-corrected chi connectivity index (χ3v) is 4.24. The Hall–Kier alpha value is -3.87.